The van der Waals surface area contributed by atoms with Crippen LogP contribution in [0.25, 0.3) is 16.7 Å². The molecule has 0 radical (unpaired) electrons. The number of rotatable bonds is 2. The lowest BCUT2D eigenvalue weighted by Gasteiger charge is -2.32. The molecule has 0 bridgehead atoms. The average molecular weight is 398 g/mol. The first kappa shape index (κ1) is 19.2. The molecule has 27 heavy (non-hydrogen) atoms. The lowest BCUT2D eigenvalue weighted by atomic mass is 9.86. The van der Waals surface area contributed by atoms with E-state index in [1.54, 1.807) is 29.9 Å². The summed E-state index contributed by atoms with van der Waals surface area (Å²) in [6.07, 6.45) is 1.69. The van der Waals surface area contributed by atoms with E-state index in [2.05, 4.69) is 15.4 Å². The van der Waals surface area contributed by atoms with Crippen molar-refractivity contribution >= 4 is 23.3 Å². The van der Waals surface area contributed by atoms with Gasteiger partial charge in [0.05, 0.1) is 18.0 Å². The van der Waals surface area contributed by atoms with Gasteiger partial charge in [-0.3, -0.25) is 19.0 Å². The van der Waals surface area contributed by atoms with E-state index in [4.69, 9.17) is 0 Å². The van der Waals surface area contributed by atoms with E-state index in [1.165, 1.54) is 16.8 Å². The summed E-state index contributed by atoms with van der Waals surface area (Å²) < 4.78 is 31.3. The number of piperidine rings is 1. The minimum Gasteiger partial charge on any atom is -0.311 e. The minimum absolute atomic E-state index is 0. The third-order valence-electron chi connectivity index (χ3n) is 4.79. The molecule has 0 aliphatic carbocycles. The maximum Gasteiger partial charge on any atom is 0.334 e. The number of aromatic amines is 1. The van der Waals surface area contributed by atoms with Gasteiger partial charge in [0.1, 0.15) is 0 Å². The van der Waals surface area contributed by atoms with Crippen LogP contribution in [0.5, 0.6) is 0 Å². The van der Waals surface area contributed by atoms with Gasteiger partial charge < -0.3 is 5.32 Å². The molecule has 1 atom stereocenters. The summed E-state index contributed by atoms with van der Waals surface area (Å²) in [7, 11) is 1.69. The Bertz CT molecular complexity index is 1100. The number of alkyl halides is 2. The largest absolute Gasteiger partial charge is 0.334 e. The Morgan fingerprint density at radius 1 is 1.26 bits per heavy atom. The molecule has 144 valence electrons. The second-order valence-electron chi connectivity index (χ2n) is 6.48. The van der Waals surface area contributed by atoms with Gasteiger partial charge in [-0.25, -0.2) is 13.6 Å². The van der Waals surface area contributed by atoms with Gasteiger partial charge in [-0.1, -0.05) is 6.07 Å². The topological polar surface area (TPSA) is 84.7 Å². The van der Waals surface area contributed by atoms with Crippen molar-refractivity contribution in [2.24, 2.45) is 7.05 Å². The summed E-state index contributed by atoms with van der Waals surface area (Å²) in [6, 6.07) is 6.29. The fourth-order valence-electron chi connectivity index (χ4n) is 3.48. The number of nitrogens with zero attached hydrogens (tertiary/aromatic N) is 3. The van der Waals surface area contributed by atoms with Crippen molar-refractivity contribution in [3.05, 3.63) is 56.9 Å². The molecule has 0 saturated carbocycles. The van der Waals surface area contributed by atoms with Gasteiger partial charge >= 0.3 is 5.69 Å². The van der Waals surface area contributed by atoms with Crippen LogP contribution in [-0.4, -0.2) is 38.3 Å². The highest BCUT2D eigenvalue weighted by molar-refractivity contribution is 5.87. The van der Waals surface area contributed by atoms with Crippen LogP contribution in [0.4, 0.5) is 8.78 Å². The molecule has 10 heteroatoms. The molecule has 3 heterocycles. The lowest BCUT2D eigenvalue weighted by molar-refractivity contribution is -0.0419. The molecule has 1 fully saturated rings. The van der Waals surface area contributed by atoms with Gasteiger partial charge in [-0.15, -0.1) is 12.4 Å². The summed E-state index contributed by atoms with van der Waals surface area (Å²) in [5, 5.41) is 7.70. The maximum atomic E-state index is 14.3. The van der Waals surface area contributed by atoms with Crippen molar-refractivity contribution in [1.29, 1.82) is 0 Å². The van der Waals surface area contributed by atoms with E-state index in [0.717, 1.165) is 0 Å². The van der Waals surface area contributed by atoms with E-state index in [-0.39, 0.29) is 19.0 Å². The van der Waals surface area contributed by atoms with Crippen LogP contribution in [0, 0.1) is 0 Å². The van der Waals surface area contributed by atoms with Crippen LogP contribution in [0.15, 0.2) is 40.1 Å². The lowest BCUT2D eigenvalue weighted by Crippen LogP contribution is -2.44. The molecule has 1 unspecified atom stereocenters. The Balaban J connectivity index is 0.00000210. The second-order valence-corrected chi connectivity index (χ2v) is 6.48. The standard InChI is InChI=1S/C17H17F2N5O2.ClH/c1-23-13-8-10(12-4-6-20-9-17(12,18)19)2-3-11(13)15(22-23)24-7-5-14(25)21-16(24)26;/h2-3,5,7-8,12,20H,4,6,9H2,1H3,(H,21,25,26);1H. The molecular formula is C17H18ClF2N5O2. The monoisotopic (exact) mass is 397 g/mol. The number of hydrogen-bond donors (Lipinski definition) is 2. The SMILES string of the molecule is Cl.Cn1nc(-n2ccc(=O)[nH]c2=O)c2ccc(C3CCNCC3(F)F)cc21. The normalized spacial score (nSPS) is 19.0. The van der Waals surface area contributed by atoms with E-state index in [0.29, 0.717) is 35.2 Å². The first-order valence-electron chi connectivity index (χ1n) is 8.24. The zero-order valence-electron chi connectivity index (χ0n) is 14.4. The first-order chi connectivity index (χ1) is 12.4. The van der Waals surface area contributed by atoms with Crippen molar-refractivity contribution < 1.29 is 8.78 Å². The van der Waals surface area contributed by atoms with Crippen LogP contribution in [0.2, 0.25) is 0 Å². The number of aromatic nitrogens is 4. The van der Waals surface area contributed by atoms with Crippen LogP contribution in [-0.2, 0) is 7.05 Å². The molecule has 0 amide bonds. The molecule has 7 nitrogen and oxygen atoms in total. The summed E-state index contributed by atoms with van der Waals surface area (Å²) >= 11 is 0. The van der Waals surface area contributed by atoms with Gasteiger partial charge in [0, 0.05) is 24.7 Å². The average Bonchev–Trinajstić information content (AvgIpc) is 2.91. The van der Waals surface area contributed by atoms with E-state index in [9.17, 15) is 18.4 Å². The molecular weight excluding hydrogens is 380 g/mol. The maximum absolute atomic E-state index is 14.3. The number of nitrogens with one attached hydrogen (secondary N) is 2. The predicted molar refractivity (Wildman–Crippen MR) is 99.4 cm³/mol. The summed E-state index contributed by atoms with van der Waals surface area (Å²) in [5.74, 6) is -3.34. The number of H-pyrrole nitrogens is 1. The van der Waals surface area contributed by atoms with E-state index < -0.39 is 23.1 Å². The molecule has 2 aromatic heterocycles. The van der Waals surface area contributed by atoms with Crippen molar-refractivity contribution in [2.45, 2.75) is 18.3 Å². The smallest absolute Gasteiger partial charge is 0.311 e. The number of aryl methyl sites for hydroxylation is 1. The number of hydrogen-bond acceptors (Lipinski definition) is 4. The Hall–Kier alpha value is -2.52. The Kier molecular flexibility index (Phi) is 4.92. The summed E-state index contributed by atoms with van der Waals surface area (Å²) in [6.45, 7) is 0.209. The highest BCUT2D eigenvalue weighted by atomic mass is 35.5. The highest BCUT2D eigenvalue weighted by Crippen LogP contribution is 2.39. The third-order valence-corrected chi connectivity index (χ3v) is 4.79. The van der Waals surface area contributed by atoms with E-state index >= 15 is 0 Å². The van der Waals surface area contributed by atoms with Gasteiger partial charge in [0.25, 0.3) is 11.5 Å². The molecule has 1 aliphatic rings. The quantitative estimate of drug-likeness (QED) is 0.687. The van der Waals surface area contributed by atoms with Crippen molar-refractivity contribution in [2.75, 3.05) is 13.1 Å². The number of halogens is 3. The van der Waals surface area contributed by atoms with Crippen LogP contribution in [0.3, 0.4) is 0 Å². The van der Waals surface area contributed by atoms with E-state index in [1.807, 2.05) is 0 Å². The van der Waals surface area contributed by atoms with Gasteiger partial charge in [0.2, 0.25) is 0 Å². The van der Waals surface area contributed by atoms with Crippen LogP contribution < -0.4 is 16.6 Å². The molecule has 1 saturated heterocycles. The second kappa shape index (κ2) is 6.90. The zero-order chi connectivity index (χ0) is 18.5. The van der Waals surface area contributed by atoms with Gasteiger partial charge in [-0.2, -0.15) is 5.10 Å². The van der Waals surface area contributed by atoms with Crippen molar-refractivity contribution in [3.63, 3.8) is 0 Å². The summed E-state index contributed by atoms with van der Waals surface area (Å²) in [4.78, 5) is 25.5. The fraction of sp³-hybridized carbons (Fsp3) is 0.353. The zero-order valence-corrected chi connectivity index (χ0v) is 15.2. The number of benzene rings is 1. The minimum atomic E-state index is -2.82. The van der Waals surface area contributed by atoms with Gasteiger partial charge in [0.15, 0.2) is 5.82 Å². The Labute approximate surface area is 158 Å². The molecule has 2 N–H and O–H groups in total. The summed E-state index contributed by atoms with van der Waals surface area (Å²) in [5.41, 5.74) is 0.0886. The highest BCUT2D eigenvalue weighted by Gasteiger charge is 2.42. The number of fused-ring (bicyclic) bond motifs is 1. The Morgan fingerprint density at radius 2 is 2.04 bits per heavy atom. The molecule has 4 rings (SSSR count). The van der Waals surface area contributed by atoms with Crippen LogP contribution in [0.1, 0.15) is 17.9 Å². The van der Waals surface area contributed by atoms with Gasteiger partial charge in [-0.05, 0) is 30.7 Å². The third kappa shape index (κ3) is 3.28. The first-order valence-corrected chi connectivity index (χ1v) is 8.24. The molecule has 1 aromatic carbocycles. The van der Waals surface area contributed by atoms with Crippen molar-refractivity contribution in [1.82, 2.24) is 24.6 Å². The van der Waals surface area contributed by atoms with Crippen molar-refractivity contribution in [3.8, 4) is 5.82 Å². The molecule has 3 aromatic rings. The molecule has 1 aliphatic heterocycles. The van der Waals surface area contributed by atoms with Crippen LogP contribution >= 0.6 is 12.4 Å². The Morgan fingerprint density at radius 3 is 2.74 bits per heavy atom. The fourth-order valence-corrected chi connectivity index (χ4v) is 3.48. The molecule has 0 spiro atoms. The predicted octanol–water partition coefficient (Wildman–Crippen LogP) is 1.55.